The number of hydrogen-bond donors (Lipinski definition) is 2. The Morgan fingerprint density at radius 3 is 2.15 bits per heavy atom. The van der Waals surface area contributed by atoms with Crippen molar-refractivity contribution < 1.29 is 19.4 Å². The van der Waals surface area contributed by atoms with Gasteiger partial charge in [0.2, 0.25) is 5.91 Å². The minimum atomic E-state index is -1.15. The molecule has 110 valence electrons. The number of rotatable bonds is 4. The summed E-state index contributed by atoms with van der Waals surface area (Å²) in [4.78, 5) is 22.5. The summed E-state index contributed by atoms with van der Waals surface area (Å²) in [6.07, 6.45) is 0. The first-order chi connectivity index (χ1) is 9.10. The molecule has 20 heavy (non-hydrogen) atoms. The summed E-state index contributed by atoms with van der Waals surface area (Å²) in [7, 11) is 0. The second-order valence-corrected chi connectivity index (χ2v) is 5.88. The average Bonchev–Trinajstić information content (AvgIpc) is 2.30. The second-order valence-electron chi connectivity index (χ2n) is 5.07. The minimum Gasteiger partial charge on any atom is -0.478 e. The van der Waals surface area contributed by atoms with Gasteiger partial charge in [-0.3, -0.25) is 4.79 Å². The van der Waals surface area contributed by atoms with Gasteiger partial charge in [0.15, 0.2) is 0 Å². The molecule has 0 radical (unpaired) electrons. The number of hydrogen-bond acceptors (Lipinski definition) is 3. The molecule has 2 N–H and O–H groups in total. The topological polar surface area (TPSA) is 75.6 Å². The number of amides is 1. The lowest BCUT2D eigenvalue weighted by Crippen LogP contribution is -2.27. The highest BCUT2D eigenvalue weighted by molar-refractivity contribution is 6.40. The van der Waals surface area contributed by atoms with Crippen LogP contribution >= 0.6 is 23.2 Å². The van der Waals surface area contributed by atoms with E-state index in [4.69, 9.17) is 33.0 Å². The Morgan fingerprint density at radius 1 is 1.25 bits per heavy atom. The van der Waals surface area contributed by atoms with E-state index in [1.165, 1.54) is 12.1 Å². The third kappa shape index (κ3) is 5.00. The smallest absolute Gasteiger partial charge is 0.335 e. The van der Waals surface area contributed by atoms with E-state index in [1.54, 1.807) is 0 Å². The molecule has 5 nitrogen and oxygen atoms in total. The van der Waals surface area contributed by atoms with Crippen LogP contribution in [0.15, 0.2) is 12.1 Å². The molecule has 0 saturated carbocycles. The molecule has 0 spiro atoms. The van der Waals surface area contributed by atoms with Gasteiger partial charge >= 0.3 is 5.97 Å². The number of nitrogens with one attached hydrogen (secondary N) is 1. The molecule has 0 bridgehead atoms. The standard InChI is InChI=1S/C13H15Cl2NO4/c1-13(2,3)20-6-10(17)16-11-8(14)4-7(12(18)19)5-9(11)15/h4-5H,6H2,1-3H3,(H,16,17)(H,18,19). The van der Waals surface area contributed by atoms with Crippen molar-refractivity contribution in [1.82, 2.24) is 0 Å². The van der Waals surface area contributed by atoms with Gasteiger partial charge in [-0.25, -0.2) is 4.79 Å². The normalized spacial score (nSPS) is 11.2. The van der Waals surface area contributed by atoms with Crippen molar-refractivity contribution in [1.29, 1.82) is 0 Å². The molecule has 7 heteroatoms. The number of carboxylic acids is 1. The van der Waals surface area contributed by atoms with Crippen molar-refractivity contribution in [3.63, 3.8) is 0 Å². The maximum atomic E-state index is 11.7. The Kier molecular flexibility index (Phi) is 5.39. The number of carboxylic acid groups (broad SMARTS) is 1. The molecule has 0 aliphatic heterocycles. The summed E-state index contributed by atoms with van der Waals surface area (Å²) in [5.74, 6) is -1.57. The minimum absolute atomic E-state index is 0.0519. The Bertz CT molecular complexity index is 515. The molecule has 0 atom stereocenters. The molecular weight excluding hydrogens is 305 g/mol. The maximum Gasteiger partial charge on any atom is 0.335 e. The van der Waals surface area contributed by atoms with Crippen LogP contribution in [0.4, 0.5) is 5.69 Å². The molecule has 1 aromatic rings. The zero-order valence-electron chi connectivity index (χ0n) is 11.3. The highest BCUT2D eigenvalue weighted by Gasteiger charge is 2.17. The summed E-state index contributed by atoms with van der Waals surface area (Å²) in [5, 5.41) is 11.5. The predicted octanol–water partition coefficient (Wildman–Crippen LogP) is 3.45. The molecular formula is C13H15Cl2NO4. The summed E-state index contributed by atoms with van der Waals surface area (Å²) in [6.45, 7) is 5.31. The number of carbonyl (C=O) groups is 2. The summed E-state index contributed by atoms with van der Waals surface area (Å²) < 4.78 is 5.31. The number of ether oxygens (including phenoxy) is 1. The van der Waals surface area contributed by atoms with E-state index in [2.05, 4.69) is 5.32 Å². The van der Waals surface area contributed by atoms with E-state index >= 15 is 0 Å². The van der Waals surface area contributed by atoms with E-state index in [1.807, 2.05) is 20.8 Å². The van der Waals surface area contributed by atoms with Gasteiger partial charge in [-0.15, -0.1) is 0 Å². The Morgan fingerprint density at radius 2 is 1.75 bits per heavy atom. The van der Waals surface area contributed by atoms with Crippen LogP contribution in [0.25, 0.3) is 0 Å². The van der Waals surface area contributed by atoms with E-state index in [0.717, 1.165) is 0 Å². The molecule has 0 unspecified atom stereocenters. The van der Waals surface area contributed by atoms with Crippen LogP contribution in [0.2, 0.25) is 10.0 Å². The molecule has 0 aliphatic rings. The van der Waals surface area contributed by atoms with Crippen molar-refractivity contribution in [3.8, 4) is 0 Å². The SMILES string of the molecule is CC(C)(C)OCC(=O)Nc1c(Cl)cc(C(=O)O)cc1Cl. The highest BCUT2D eigenvalue weighted by atomic mass is 35.5. The molecule has 0 saturated heterocycles. The van der Waals surface area contributed by atoms with Crippen LogP contribution in [0.5, 0.6) is 0 Å². The maximum absolute atomic E-state index is 11.7. The molecule has 0 aromatic heterocycles. The van der Waals surface area contributed by atoms with E-state index in [9.17, 15) is 9.59 Å². The zero-order chi connectivity index (χ0) is 15.5. The van der Waals surface area contributed by atoms with E-state index in [0.29, 0.717) is 0 Å². The van der Waals surface area contributed by atoms with Crippen molar-refractivity contribution in [2.75, 3.05) is 11.9 Å². The van der Waals surface area contributed by atoms with Crippen molar-refractivity contribution >= 4 is 40.8 Å². The lowest BCUT2D eigenvalue weighted by atomic mass is 10.2. The summed E-state index contributed by atoms with van der Waals surface area (Å²) >= 11 is 11.8. The van der Waals surface area contributed by atoms with Crippen LogP contribution in [0.3, 0.4) is 0 Å². The molecule has 1 aromatic carbocycles. The van der Waals surface area contributed by atoms with Gasteiger partial charge < -0.3 is 15.2 Å². The van der Waals surface area contributed by atoms with Crippen molar-refractivity contribution in [2.45, 2.75) is 26.4 Å². The lowest BCUT2D eigenvalue weighted by Gasteiger charge is -2.19. The Balaban J connectivity index is 2.83. The van der Waals surface area contributed by atoms with Crippen LogP contribution in [-0.2, 0) is 9.53 Å². The molecule has 0 heterocycles. The Labute approximate surface area is 126 Å². The Hall–Kier alpha value is -1.30. The number of aromatic carboxylic acids is 1. The van der Waals surface area contributed by atoms with Gasteiger partial charge in [-0.05, 0) is 32.9 Å². The van der Waals surface area contributed by atoms with Crippen LogP contribution < -0.4 is 5.32 Å². The molecule has 1 rings (SSSR count). The molecule has 0 fully saturated rings. The third-order valence-corrected chi connectivity index (χ3v) is 2.79. The fourth-order valence-corrected chi connectivity index (χ4v) is 1.86. The van der Waals surface area contributed by atoms with Crippen molar-refractivity contribution in [3.05, 3.63) is 27.7 Å². The fourth-order valence-electron chi connectivity index (χ4n) is 1.27. The first kappa shape index (κ1) is 16.8. The van der Waals surface area contributed by atoms with Crippen molar-refractivity contribution in [2.24, 2.45) is 0 Å². The highest BCUT2D eigenvalue weighted by Crippen LogP contribution is 2.31. The van der Waals surface area contributed by atoms with Gasteiger partial charge in [0.25, 0.3) is 0 Å². The molecule has 1 amide bonds. The lowest BCUT2D eigenvalue weighted by molar-refractivity contribution is -0.125. The predicted molar refractivity (Wildman–Crippen MR) is 77.8 cm³/mol. The van der Waals surface area contributed by atoms with Gasteiger partial charge in [-0.1, -0.05) is 23.2 Å². The van der Waals surface area contributed by atoms with Gasteiger partial charge in [0.1, 0.15) is 6.61 Å². The van der Waals surface area contributed by atoms with E-state index < -0.39 is 17.5 Å². The van der Waals surface area contributed by atoms with Crippen LogP contribution in [0, 0.1) is 0 Å². The van der Waals surface area contributed by atoms with Gasteiger partial charge in [-0.2, -0.15) is 0 Å². The first-order valence-electron chi connectivity index (χ1n) is 5.76. The van der Waals surface area contributed by atoms with Crippen LogP contribution in [-0.4, -0.2) is 29.2 Å². The van der Waals surface area contributed by atoms with Gasteiger partial charge in [0, 0.05) is 0 Å². The van der Waals surface area contributed by atoms with Gasteiger partial charge in [0.05, 0.1) is 26.9 Å². The fraction of sp³-hybridized carbons (Fsp3) is 0.385. The third-order valence-electron chi connectivity index (χ3n) is 2.19. The number of anilines is 1. The monoisotopic (exact) mass is 319 g/mol. The number of halogens is 2. The number of carbonyl (C=O) groups excluding carboxylic acids is 1. The van der Waals surface area contributed by atoms with E-state index in [-0.39, 0.29) is 27.9 Å². The number of benzene rings is 1. The first-order valence-corrected chi connectivity index (χ1v) is 6.52. The zero-order valence-corrected chi connectivity index (χ0v) is 12.8. The largest absolute Gasteiger partial charge is 0.478 e. The average molecular weight is 320 g/mol. The molecule has 0 aliphatic carbocycles. The quantitative estimate of drug-likeness (QED) is 0.891. The summed E-state index contributed by atoms with van der Waals surface area (Å²) in [5.41, 5.74) is -0.331. The summed E-state index contributed by atoms with van der Waals surface area (Å²) in [6, 6.07) is 2.44. The van der Waals surface area contributed by atoms with Crippen LogP contribution in [0.1, 0.15) is 31.1 Å². The second kappa shape index (κ2) is 6.43.